The van der Waals surface area contributed by atoms with Crippen molar-refractivity contribution < 1.29 is 22.7 Å². The molecule has 0 saturated heterocycles. The van der Waals surface area contributed by atoms with E-state index >= 15 is 0 Å². The highest BCUT2D eigenvalue weighted by Gasteiger charge is 2.29. The third kappa shape index (κ3) is 9.35. The lowest BCUT2D eigenvalue weighted by molar-refractivity contribution is -0.141. The molecule has 9 heteroatoms. The first-order chi connectivity index (χ1) is 17.8. The van der Waals surface area contributed by atoms with Gasteiger partial charge in [-0.25, -0.2) is 8.42 Å². The van der Waals surface area contributed by atoms with Crippen LogP contribution in [0.3, 0.4) is 0 Å². The van der Waals surface area contributed by atoms with Crippen LogP contribution >= 0.6 is 0 Å². The van der Waals surface area contributed by atoms with Gasteiger partial charge < -0.3 is 15.0 Å². The molecule has 0 saturated carbocycles. The lowest BCUT2D eigenvalue weighted by Gasteiger charge is -2.31. The van der Waals surface area contributed by atoms with Crippen LogP contribution in [-0.2, 0) is 26.2 Å². The largest absolute Gasteiger partial charge is 0.497 e. The highest BCUT2D eigenvalue weighted by atomic mass is 32.2. The van der Waals surface area contributed by atoms with Gasteiger partial charge >= 0.3 is 0 Å². The first-order valence-corrected chi connectivity index (χ1v) is 15.0. The Balaban J connectivity index is 2.24. The molecule has 1 atom stereocenters. The van der Waals surface area contributed by atoms with Crippen molar-refractivity contribution in [1.29, 1.82) is 0 Å². The van der Waals surface area contributed by atoms with Gasteiger partial charge in [-0.1, -0.05) is 39.0 Å². The smallest absolute Gasteiger partial charge is 0.242 e. The summed E-state index contributed by atoms with van der Waals surface area (Å²) >= 11 is 0. The average molecular weight is 546 g/mol. The molecule has 0 heterocycles. The van der Waals surface area contributed by atoms with E-state index < -0.39 is 16.1 Å². The van der Waals surface area contributed by atoms with Crippen molar-refractivity contribution in [1.82, 2.24) is 10.2 Å². The van der Waals surface area contributed by atoms with Crippen molar-refractivity contribution in [2.45, 2.75) is 66.5 Å². The number of nitrogens with zero attached hydrogens (tertiary/aromatic N) is 2. The van der Waals surface area contributed by atoms with Crippen LogP contribution in [0.15, 0.2) is 42.5 Å². The Labute approximate surface area is 228 Å². The van der Waals surface area contributed by atoms with E-state index in [1.54, 1.807) is 12.0 Å². The SMILES string of the molecule is CCC(C(=O)NCC(C)C)N(Cc1ccc(OC)cc1)C(=O)CCCN(c1cc(C)cc(C)c1)S(C)(=O)=O. The number of methoxy groups -OCH3 is 1. The zero-order chi connectivity index (χ0) is 28.5. The second kappa shape index (κ2) is 14.2. The number of sulfonamides is 1. The molecule has 8 nitrogen and oxygen atoms in total. The molecule has 0 fully saturated rings. The molecule has 0 bridgehead atoms. The van der Waals surface area contributed by atoms with Crippen LogP contribution < -0.4 is 14.4 Å². The maximum Gasteiger partial charge on any atom is 0.242 e. The molecular formula is C29H43N3O5S. The van der Waals surface area contributed by atoms with Gasteiger partial charge in [0.2, 0.25) is 21.8 Å². The number of aryl methyl sites for hydroxylation is 2. The molecule has 210 valence electrons. The zero-order valence-electron chi connectivity index (χ0n) is 23.8. The third-order valence-corrected chi connectivity index (χ3v) is 7.42. The summed E-state index contributed by atoms with van der Waals surface area (Å²) in [6.07, 6.45) is 2.07. The van der Waals surface area contributed by atoms with Gasteiger partial charge in [0.25, 0.3) is 0 Å². The van der Waals surface area contributed by atoms with Gasteiger partial charge in [0, 0.05) is 26.1 Å². The van der Waals surface area contributed by atoms with Crippen LogP contribution in [0, 0.1) is 19.8 Å². The van der Waals surface area contributed by atoms with E-state index in [2.05, 4.69) is 5.32 Å². The first-order valence-electron chi connectivity index (χ1n) is 13.1. The minimum absolute atomic E-state index is 0.112. The Morgan fingerprint density at radius 3 is 2.13 bits per heavy atom. The molecule has 0 aliphatic heterocycles. The summed E-state index contributed by atoms with van der Waals surface area (Å²) in [6.45, 7) is 10.7. The van der Waals surface area contributed by atoms with Crippen LogP contribution in [0.25, 0.3) is 0 Å². The predicted octanol–water partition coefficient (Wildman–Crippen LogP) is 4.44. The van der Waals surface area contributed by atoms with Crippen molar-refractivity contribution >= 4 is 27.5 Å². The maximum atomic E-state index is 13.5. The van der Waals surface area contributed by atoms with E-state index in [1.165, 1.54) is 10.6 Å². The van der Waals surface area contributed by atoms with Crippen LogP contribution in [0.1, 0.15) is 56.7 Å². The number of rotatable bonds is 14. The predicted molar refractivity (Wildman–Crippen MR) is 153 cm³/mol. The molecule has 0 aliphatic rings. The van der Waals surface area contributed by atoms with Gasteiger partial charge in [-0.2, -0.15) is 0 Å². The maximum absolute atomic E-state index is 13.5. The number of ether oxygens (including phenoxy) is 1. The summed E-state index contributed by atoms with van der Waals surface area (Å²) in [5.74, 6) is 0.618. The van der Waals surface area contributed by atoms with Crippen LogP contribution in [0.5, 0.6) is 5.75 Å². The standard InChI is InChI=1S/C29H43N3O5S/c1-8-27(29(34)30-19-21(2)3)31(20-24-11-13-26(37-6)14-12-24)28(33)10-9-15-32(38(7,35)36)25-17-22(4)16-23(5)18-25/h11-14,16-18,21,27H,8-10,15,19-20H2,1-7H3,(H,30,34). The molecule has 0 spiro atoms. The summed E-state index contributed by atoms with van der Waals surface area (Å²) in [6, 6.07) is 12.4. The molecule has 2 amide bonds. The number of carbonyl (C=O) groups is 2. The van der Waals surface area contributed by atoms with Gasteiger partial charge in [-0.05, 0) is 73.6 Å². The van der Waals surface area contributed by atoms with Gasteiger partial charge in [0.1, 0.15) is 11.8 Å². The fourth-order valence-electron chi connectivity index (χ4n) is 4.37. The summed E-state index contributed by atoms with van der Waals surface area (Å²) < 4.78 is 31.8. The Bertz CT molecular complexity index is 1160. The Morgan fingerprint density at radius 1 is 1.03 bits per heavy atom. The van der Waals surface area contributed by atoms with E-state index in [-0.39, 0.29) is 37.2 Å². The third-order valence-electron chi connectivity index (χ3n) is 6.23. The van der Waals surface area contributed by atoms with E-state index in [4.69, 9.17) is 4.74 Å². The Kier molecular flexibility index (Phi) is 11.6. The van der Waals surface area contributed by atoms with Crippen molar-refractivity contribution in [3.8, 4) is 5.75 Å². The number of hydrogen-bond donors (Lipinski definition) is 1. The van der Waals surface area contributed by atoms with Gasteiger partial charge in [-0.15, -0.1) is 0 Å². The Morgan fingerprint density at radius 2 is 1.63 bits per heavy atom. The second-order valence-corrected chi connectivity index (χ2v) is 12.1. The fraction of sp³-hybridized carbons (Fsp3) is 0.517. The number of hydrogen-bond acceptors (Lipinski definition) is 5. The van der Waals surface area contributed by atoms with E-state index in [0.717, 1.165) is 16.7 Å². The molecule has 2 rings (SSSR count). The molecule has 2 aromatic rings. The van der Waals surface area contributed by atoms with Crippen LogP contribution in [0.4, 0.5) is 5.69 Å². The van der Waals surface area contributed by atoms with Gasteiger partial charge in [0.15, 0.2) is 0 Å². The topological polar surface area (TPSA) is 96.0 Å². The van der Waals surface area contributed by atoms with Crippen LogP contribution in [0.2, 0.25) is 0 Å². The summed E-state index contributed by atoms with van der Waals surface area (Å²) in [4.78, 5) is 28.2. The summed E-state index contributed by atoms with van der Waals surface area (Å²) in [5, 5.41) is 2.96. The van der Waals surface area contributed by atoms with Crippen molar-refractivity contribution in [3.05, 3.63) is 59.2 Å². The molecule has 1 unspecified atom stereocenters. The second-order valence-electron chi connectivity index (χ2n) is 10.2. The lowest BCUT2D eigenvalue weighted by atomic mass is 10.1. The van der Waals surface area contributed by atoms with E-state index in [1.807, 2.05) is 77.1 Å². The van der Waals surface area contributed by atoms with Gasteiger partial charge in [-0.3, -0.25) is 13.9 Å². The quantitative estimate of drug-likeness (QED) is 0.379. The van der Waals surface area contributed by atoms with E-state index in [0.29, 0.717) is 30.8 Å². The molecule has 0 radical (unpaired) electrons. The highest BCUT2D eigenvalue weighted by Crippen LogP contribution is 2.23. The molecule has 2 aromatic carbocycles. The number of nitrogens with one attached hydrogen (secondary N) is 1. The molecule has 1 N–H and O–H groups in total. The minimum Gasteiger partial charge on any atom is -0.497 e. The minimum atomic E-state index is -3.54. The fourth-order valence-corrected chi connectivity index (χ4v) is 5.32. The van der Waals surface area contributed by atoms with E-state index in [9.17, 15) is 18.0 Å². The normalized spacial score (nSPS) is 12.2. The highest BCUT2D eigenvalue weighted by molar-refractivity contribution is 7.92. The van der Waals surface area contributed by atoms with Gasteiger partial charge in [0.05, 0.1) is 19.1 Å². The molecule has 0 aromatic heterocycles. The monoisotopic (exact) mass is 545 g/mol. The van der Waals surface area contributed by atoms with Crippen molar-refractivity contribution in [2.75, 3.05) is 30.8 Å². The zero-order valence-corrected chi connectivity index (χ0v) is 24.6. The number of anilines is 1. The average Bonchev–Trinajstić information content (AvgIpc) is 2.84. The molecule has 38 heavy (non-hydrogen) atoms. The first kappa shape index (κ1) is 31.1. The van der Waals surface area contributed by atoms with Crippen LogP contribution in [-0.4, -0.2) is 57.6 Å². The number of amides is 2. The summed E-state index contributed by atoms with van der Waals surface area (Å²) in [5.41, 5.74) is 3.40. The lowest BCUT2D eigenvalue weighted by Crippen LogP contribution is -2.49. The number of benzene rings is 2. The van der Waals surface area contributed by atoms with Crippen molar-refractivity contribution in [3.63, 3.8) is 0 Å². The molecular weight excluding hydrogens is 502 g/mol. The Hall–Kier alpha value is -3.07. The molecule has 0 aliphatic carbocycles. The number of carbonyl (C=O) groups excluding carboxylic acids is 2. The van der Waals surface area contributed by atoms with Crippen molar-refractivity contribution in [2.24, 2.45) is 5.92 Å². The summed E-state index contributed by atoms with van der Waals surface area (Å²) in [7, 11) is -1.95.